The Morgan fingerprint density at radius 2 is 1.09 bits per heavy atom. The molecule has 0 radical (unpaired) electrons. The first-order valence-electron chi connectivity index (χ1n) is 12.1. The lowest BCUT2D eigenvalue weighted by atomic mass is 10.1. The van der Waals surface area contributed by atoms with Gasteiger partial charge in [0.1, 0.15) is 11.2 Å². The average molecular weight is 496 g/mol. The maximum Gasteiger partial charge on any atom is 0.331 e. The zero-order chi connectivity index (χ0) is 26.5. The molecule has 0 spiro atoms. The van der Waals surface area contributed by atoms with Crippen molar-refractivity contribution in [3.05, 3.63) is 24.3 Å². The lowest BCUT2D eigenvalue weighted by Crippen LogP contribution is -2.33. The Morgan fingerprint density at radius 3 is 1.49 bits per heavy atom. The molecular formula is C26H41NO8. The number of hydrogen-bond donors (Lipinski definition) is 0. The molecule has 35 heavy (non-hydrogen) atoms. The van der Waals surface area contributed by atoms with Crippen molar-refractivity contribution in [2.24, 2.45) is 5.92 Å². The van der Waals surface area contributed by atoms with Gasteiger partial charge in [-0.25, -0.2) is 19.2 Å². The monoisotopic (exact) mass is 495 g/mol. The minimum absolute atomic E-state index is 0.0222. The molecule has 9 nitrogen and oxygen atoms in total. The van der Waals surface area contributed by atoms with Crippen LogP contribution < -0.4 is 0 Å². The summed E-state index contributed by atoms with van der Waals surface area (Å²) >= 11 is 0. The van der Waals surface area contributed by atoms with Crippen LogP contribution in [0.25, 0.3) is 0 Å². The summed E-state index contributed by atoms with van der Waals surface area (Å²) in [7, 11) is 0. The smallest absolute Gasteiger partial charge is 0.331 e. The first-order valence-corrected chi connectivity index (χ1v) is 12.1. The third kappa shape index (κ3) is 16.6. The second-order valence-electron chi connectivity index (χ2n) is 10.6. The molecule has 1 heterocycles. The third-order valence-electron chi connectivity index (χ3n) is 4.75. The zero-order valence-corrected chi connectivity index (χ0v) is 22.0. The van der Waals surface area contributed by atoms with Crippen molar-refractivity contribution in [1.29, 1.82) is 0 Å². The highest BCUT2D eigenvalue weighted by atomic mass is 16.6. The molecule has 0 aromatic carbocycles. The molecule has 0 atom stereocenters. The minimum atomic E-state index is -0.685. The number of esters is 4. The van der Waals surface area contributed by atoms with Gasteiger partial charge in [-0.3, -0.25) is 0 Å². The van der Waals surface area contributed by atoms with Gasteiger partial charge in [-0.1, -0.05) is 6.42 Å². The normalized spacial score (nSPS) is 15.4. The summed E-state index contributed by atoms with van der Waals surface area (Å²) in [5, 5.41) is 0. The van der Waals surface area contributed by atoms with E-state index in [0.29, 0.717) is 6.42 Å². The molecule has 0 aliphatic carbocycles. The third-order valence-corrected chi connectivity index (χ3v) is 4.75. The van der Waals surface area contributed by atoms with Gasteiger partial charge >= 0.3 is 23.9 Å². The van der Waals surface area contributed by atoms with E-state index in [1.54, 1.807) is 41.5 Å². The minimum Gasteiger partial charge on any atom is -0.462 e. The molecule has 0 aromatic heterocycles. The second-order valence-corrected chi connectivity index (χ2v) is 10.6. The van der Waals surface area contributed by atoms with Gasteiger partial charge in [-0.15, -0.1) is 0 Å². The van der Waals surface area contributed by atoms with E-state index in [-0.39, 0.29) is 19.1 Å². The number of piperidine rings is 1. The number of rotatable bonds is 11. The van der Waals surface area contributed by atoms with Crippen molar-refractivity contribution in [2.45, 2.75) is 78.4 Å². The summed E-state index contributed by atoms with van der Waals surface area (Å²) in [6.07, 6.45) is 8.28. The SMILES string of the molecule is CC(C)(C)OC(=O)/C=C/C(=O)OCC(CCN1CCCCC1)COC(=O)/C=C/C(=O)OC(C)(C)C. The molecule has 0 aromatic rings. The molecule has 1 rings (SSSR count). The summed E-state index contributed by atoms with van der Waals surface area (Å²) in [6.45, 7) is 13.3. The van der Waals surface area contributed by atoms with Gasteiger partial charge in [-0.05, 0) is 80.4 Å². The van der Waals surface area contributed by atoms with Crippen LogP contribution in [0.5, 0.6) is 0 Å². The fourth-order valence-electron chi connectivity index (χ4n) is 3.20. The molecule has 0 N–H and O–H groups in total. The largest absolute Gasteiger partial charge is 0.462 e. The van der Waals surface area contributed by atoms with Crippen LogP contribution in [0.4, 0.5) is 0 Å². The van der Waals surface area contributed by atoms with E-state index in [2.05, 4.69) is 4.90 Å². The second kappa shape index (κ2) is 14.7. The van der Waals surface area contributed by atoms with Gasteiger partial charge in [-0.2, -0.15) is 0 Å². The molecular weight excluding hydrogens is 454 g/mol. The Labute approximate surface area is 208 Å². The highest BCUT2D eigenvalue weighted by Gasteiger charge is 2.19. The van der Waals surface area contributed by atoms with Crippen molar-refractivity contribution in [3.8, 4) is 0 Å². The number of carbonyl (C=O) groups excluding carboxylic acids is 4. The maximum absolute atomic E-state index is 12.1. The standard InChI is InChI=1S/C26H41NO8/c1-25(2,3)34-23(30)12-10-21(28)32-18-20(14-17-27-15-8-7-9-16-27)19-33-22(29)11-13-24(31)35-26(4,5)6/h10-13,20H,7-9,14-19H2,1-6H3/b12-10+,13-11+. The Kier molecular flexibility index (Phi) is 12.7. The molecule has 1 fully saturated rings. The van der Waals surface area contributed by atoms with E-state index in [0.717, 1.165) is 56.8 Å². The fourth-order valence-corrected chi connectivity index (χ4v) is 3.20. The van der Waals surface area contributed by atoms with Gasteiger partial charge in [0.05, 0.1) is 13.2 Å². The number of likely N-dealkylation sites (tertiary alicyclic amines) is 1. The van der Waals surface area contributed by atoms with Crippen molar-refractivity contribution >= 4 is 23.9 Å². The van der Waals surface area contributed by atoms with Gasteiger partial charge in [0.25, 0.3) is 0 Å². The Balaban J connectivity index is 2.59. The highest BCUT2D eigenvalue weighted by molar-refractivity contribution is 5.92. The highest BCUT2D eigenvalue weighted by Crippen LogP contribution is 2.13. The van der Waals surface area contributed by atoms with Crippen LogP contribution in [0, 0.1) is 5.92 Å². The van der Waals surface area contributed by atoms with E-state index >= 15 is 0 Å². The summed E-state index contributed by atoms with van der Waals surface area (Å²) in [5.41, 5.74) is -1.32. The van der Waals surface area contributed by atoms with Crippen LogP contribution in [-0.4, -0.2) is 72.8 Å². The van der Waals surface area contributed by atoms with Gasteiger partial charge in [0.2, 0.25) is 0 Å². The Bertz CT molecular complexity index is 713. The Morgan fingerprint density at radius 1 is 0.686 bits per heavy atom. The molecule has 9 heteroatoms. The number of nitrogens with zero attached hydrogens (tertiary/aromatic N) is 1. The Hall–Kier alpha value is -2.68. The molecule has 1 saturated heterocycles. The van der Waals surface area contributed by atoms with Crippen molar-refractivity contribution in [3.63, 3.8) is 0 Å². The number of ether oxygens (including phenoxy) is 4. The topological polar surface area (TPSA) is 108 Å². The van der Waals surface area contributed by atoms with E-state index < -0.39 is 35.1 Å². The van der Waals surface area contributed by atoms with Crippen molar-refractivity contribution in [2.75, 3.05) is 32.8 Å². The van der Waals surface area contributed by atoms with Crippen LogP contribution in [0.3, 0.4) is 0 Å². The fraction of sp³-hybridized carbons (Fsp3) is 0.692. The first-order chi connectivity index (χ1) is 16.2. The molecule has 1 aliphatic heterocycles. The number of hydrogen-bond acceptors (Lipinski definition) is 9. The lowest BCUT2D eigenvalue weighted by molar-refractivity contribution is -0.149. The molecule has 198 valence electrons. The summed E-state index contributed by atoms with van der Waals surface area (Å²) in [4.78, 5) is 49.9. The summed E-state index contributed by atoms with van der Waals surface area (Å²) < 4.78 is 20.8. The predicted molar refractivity (Wildman–Crippen MR) is 130 cm³/mol. The van der Waals surface area contributed by atoms with E-state index in [1.807, 2.05) is 0 Å². The van der Waals surface area contributed by atoms with Gasteiger partial charge < -0.3 is 23.8 Å². The average Bonchev–Trinajstić information content (AvgIpc) is 2.74. The summed E-state index contributed by atoms with van der Waals surface area (Å²) in [5.74, 6) is -2.89. The van der Waals surface area contributed by atoms with Crippen molar-refractivity contribution in [1.82, 2.24) is 4.90 Å². The molecule has 0 amide bonds. The van der Waals surface area contributed by atoms with E-state index in [1.165, 1.54) is 6.42 Å². The van der Waals surface area contributed by atoms with Crippen LogP contribution in [0.1, 0.15) is 67.2 Å². The molecule has 0 unspecified atom stereocenters. The predicted octanol–water partition coefficient (Wildman–Crippen LogP) is 3.36. The van der Waals surface area contributed by atoms with Crippen LogP contribution >= 0.6 is 0 Å². The van der Waals surface area contributed by atoms with Crippen LogP contribution in [0.15, 0.2) is 24.3 Å². The first kappa shape index (κ1) is 30.4. The van der Waals surface area contributed by atoms with Crippen LogP contribution in [-0.2, 0) is 38.1 Å². The lowest BCUT2D eigenvalue weighted by Gasteiger charge is -2.28. The summed E-state index contributed by atoms with van der Waals surface area (Å²) in [6, 6.07) is 0. The van der Waals surface area contributed by atoms with Crippen LogP contribution in [0.2, 0.25) is 0 Å². The maximum atomic E-state index is 12.1. The van der Waals surface area contributed by atoms with E-state index in [9.17, 15) is 19.2 Å². The van der Waals surface area contributed by atoms with Gasteiger partial charge in [0.15, 0.2) is 0 Å². The molecule has 0 saturated carbocycles. The molecule has 0 bridgehead atoms. The van der Waals surface area contributed by atoms with E-state index in [4.69, 9.17) is 18.9 Å². The van der Waals surface area contributed by atoms with Crippen molar-refractivity contribution < 1.29 is 38.1 Å². The quantitative estimate of drug-likeness (QED) is 0.242. The number of carbonyl (C=O) groups is 4. The van der Waals surface area contributed by atoms with Gasteiger partial charge in [0, 0.05) is 30.2 Å². The zero-order valence-electron chi connectivity index (χ0n) is 22.0. The molecule has 1 aliphatic rings.